The molecule has 0 unspecified atom stereocenters. The molecule has 3 nitrogen and oxygen atoms in total. The molecule has 0 aliphatic carbocycles. The molecule has 0 bridgehead atoms. The average molecular weight is 205 g/mol. The molecule has 0 aromatic heterocycles. The standard InChI is InChI=1S/C8H6F3NO2/c9-4-2-6(11)5(10)1-3(4)7(12)8(13)14/h1-2,7H,12H2,(H,13,14)/t7-/m0/s1. The van der Waals surface area contributed by atoms with Crippen molar-refractivity contribution in [3.8, 4) is 0 Å². The van der Waals surface area contributed by atoms with Crippen molar-refractivity contribution in [3.63, 3.8) is 0 Å². The second-order valence-corrected chi connectivity index (χ2v) is 2.60. The highest BCUT2D eigenvalue weighted by atomic mass is 19.2. The number of hydrogen-bond acceptors (Lipinski definition) is 2. The summed E-state index contributed by atoms with van der Waals surface area (Å²) in [5.74, 6) is -5.42. The second-order valence-electron chi connectivity index (χ2n) is 2.60. The van der Waals surface area contributed by atoms with Gasteiger partial charge in [0.05, 0.1) is 0 Å². The average Bonchev–Trinajstić information content (AvgIpc) is 2.10. The molecule has 6 heteroatoms. The zero-order valence-corrected chi connectivity index (χ0v) is 6.80. The molecule has 76 valence electrons. The lowest BCUT2D eigenvalue weighted by molar-refractivity contribution is -0.138. The zero-order chi connectivity index (χ0) is 10.9. The third kappa shape index (κ3) is 1.85. The summed E-state index contributed by atoms with van der Waals surface area (Å²) in [6.07, 6.45) is 0. The molecule has 3 N–H and O–H groups in total. The summed E-state index contributed by atoms with van der Waals surface area (Å²) in [5, 5.41) is 8.41. The molecule has 0 spiro atoms. The molecule has 0 amide bonds. The van der Waals surface area contributed by atoms with Gasteiger partial charge >= 0.3 is 5.97 Å². The minimum Gasteiger partial charge on any atom is -0.480 e. The Bertz CT molecular complexity index is 381. The monoisotopic (exact) mass is 205 g/mol. The highest BCUT2D eigenvalue weighted by molar-refractivity contribution is 5.75. The largest absolute Gasteiger partial charge is 0.480 e. The SMILES string of the molecule is N[C@H](C(=O)O)c1cc(F)c(F)cc1F. The van der Waals surface area contributed by atoms with Crippen LogP contribution in [0, 0.1) is 17.5 Å². The lowest BCUT2D eigenvalue weighted by Gasteiger charge is -2.08. The summed E-state index contributed by atoms with van der Waals surface area (Å²) < 4.78 is 37.9. The molecule has 0 fully saturated rings. The fourth-order valence-electron chi connectivity index (χ4n) is 0.909. The summed E-state index contributed by atoms with van der Waals surface area (Å²) in [6.45, 7) is 0. The van der Waals surface area contributed by atoms with Gasteiger partial charge in [-0.1, -0.05) is 0 Å². The maximum Gasteiger partial charge on any atom is 0.325 e. The second kappa shape index (κ2) is 3.67. The summed E-state index contributed by atoms with van der Waals surface area (Å²) in [6, 6.07) is -1.01. The van der Waals surface area contributed by atoms with Crippen LogP contribution in [-0.2, 0) is 4.79 Å². The first kappa shape index (κ1) is 10.5. The van der Waals surface area contributed by atoms with Gasteiger partial charge in [0.2, 0.25) is 0 Å². The zero-order valence-electron chi connectivity index (χ0n) is 6.80. The number of halogens is 3. The van der Waals surface area contributed by atoms with E-state index in [0.717, 1.165) is 0 Å². The van der Waals surface area contributed by atoms with Crippen molar-refractivity contribution in [1.29, 1.82) is 0 Å². The maximum atomic E-state index is 12.9. The Morgan fingerprint density at radius 1 is 1.21 bits per heavy atom. The first-order chi connectivity index (χ1) is 6.43. The molecule has 1 atom stereocenters. The van der Waals surface area contributed by atoms with E-state index < -0.39 is 35.0 Å². The molecule has 0 aliphatic rings. The lowest BCUT2D eigenvalue weighted by Crippen LogP contribution is -2.22. The number of carboxylic acids is 1. The Morgan fingerprint density at radius 2 is 1.71 bits per heavy atom. The van der Waals surface area contributed by atoms with Crippen molar-refractivity contribution in [2.24, 2.45) is 5.73 Å². The van der Waals surface area contributed by atoms with Crippen LogP contribution in [0.2, 0.25) is 0 Å². The van der Waals surface area contributed by atoms with Crippen molar-refractivity contribution in [2.75, 3.05) is 0 Å². The van der Waals surface area contributed by atoms with Gasteiger partial charge in [-0.2, -0.15) is 0 Å². The molecular weight excluding hydrogens is 199 g/mol. The molecule has 0 aliphatic heterocycles. The van der Waals surface area contributed by atoms with Crippen LogP contribution in [0.3, 0.4) is 0 Å². The van der Waals surface area contributed by atoms with E-state index in [2.05, 4.69) is 0 Å². The van der Waals surface area contributed by atoms with Crippen LogP contribution < -0.4 is 5.73 Å². The highest BCUT2D eigenvalue weighted by Gasteiger charge is 2.20. The Morgan fingerprint density at radius 3 is 2.21 bits per heavy atom. The van der Waals surface area contributed by atoms with Crippen LogP contribution in [-0.4, -0.2) is 11.1 Å². The van der Waals surface area contributed by atoms with Gasteiger partial charge in [0.15, 0.2) is 11.6 Å². The van der Waals surface area contributed by atoms with Gasteiger partial charge in [-0.3, -0.25) is 4.79 Å². The van der Waals surface area contributed by atoms with E-state index in [0.29, 0.717) is 6.07 Å². The minimum absolute atomic E-state index is 0.257. The molecular formula is C8H6F3NO2. The molecule has 14 heavy (non-hydrogen) atoms. The number of hydrogen-bond donors (Lipinski definition) is 2. The Balaban J connectivity index is 3.22. The molecule has 1 aromatic rings. The topological polar surface area (TPSA) is 63.3 Å². The van der Waals surface area contributed by atoms with Crippen LogP contribution in [0.1, 0.15) is 11.6 Å². The molecule has 1 aromatic carbocycles. The molecule has 0 saturated heterocycles. The first-order valence-corrected chi connectivity index (χ1v) is 3.56. The lowest BCUT2D eigenvalue weighted by atomic mass is 10.1. The Kier molecular flexibility index (Phi) is 2.76. The van der Waals surface area contributed by atoms with E-state index in [1.54, 1.807) is 0 Å². The first-order valence-electron chi connectivity index (χ1n) is 3.56. The van der Waals surface area contributed by atoms with E-state index in [-0.39, 0.29) is 6.07 Å². The summed E-state index contributed by atoms with van der Waals surface area (Å²) in [5.41, 5.74) is 4.44. The van der Waals surface area contributed by atoms with Gasteiger partial charge in [-0.25, -0.2) is 13.2 Å². The smallest absolute Gasteiger partial charge is 0.325 e. The third-order valence-electron chi connectivity index (χ3n) is 1.64. The van der Waals surface area contributed by atoms with Gasteiger partial charge in [0.25, 0.3) is 0 Å². The van der Waals surface area contributed by atoms with Crippen molar-refractivity contribution in [3.05, 3.63) is 35.1 Å². The van der Waals surface area contributed by atoms with E-state index in [1.807, 2.05) is 0 Å². The summed E-state index contributed by atoms with van der Waals surface area (Å²) in [7, 11) is 0. The predicted molar refractivity (Wildman–Crippen MR) is 40.9 cm³/mol. The fraction of sp³-hybridized carbons (Fsp3) is 0.125. The van der Waals surface area contributed by atoms with E-state index in [1.165, 1.54) is 0 Å². The van der Waals surface area contributed by atoms with Crippen molar-refractivity contribution in [2.45, 2.75) is 6.04 Å². The van der Waals surface area contributed by atoms with Crippen molar-refractivity contribution in [1.82, 2.24) is 0 Å². The van der Waals surface area contributed by atoms with Crippen molar-refractivity contribution >= 4 is 5.97 Å². The quantitative estimate of drug-likeness (QED) is 0.713. The maximum absolute atomic E-state index is 12.9. The summed E-state index contributed by atoms with van der Waals surface area (Å²) in [4.78, 5) is 10.3. The number of carbonyl (C=O) groups is 1. The van der Waals surface area contributed by atoms with Gasteiger partial charge < -0.3 is 10.8 Å². The van der Waals surface area contributed by atoms with E-state index in [9.17, 15) is 18.0 Å². The van der Waals surface area contributed by atoms with E-state index >= 15 is 0 Å². The van der Waals surface area contributed by atoms with Crippen LogP contribution in [0.4, 0.5) is 13.2 Å². The van der Waals surface area contributed by atoms with Crippen LogP contribution in [0.15, 0.2) is 12.1 Å². The number of benzene rings is 1. The van der Waals surface area contributed by atoms with Gasteiger partial charge in [-0.15, -0.1) is 0 Å². The minimum atomic E-state index is -1.70. The summed E-state index contributed by atoms with van der Waals surface area (Å²) >= 11 is 0. The molecule has 0 heterocycles. The number of carboxylic acid groups (broad SMARTS) is 1. The Labute approximate surface area is 77.0 Å². The molecule has 0 radical (unpaired) electrons. The number of nitrogens with two attached hydrogens (primary N) is 1. The number of aliphatic carboxylic acids is 1. The predicted octanol–water partition coefficient (Wildman–Crippen LogP) is 1.19. The molecule has 0 saturated carbocycles. The van der Waals surface area contributed by atoms with Crippen LogP contribution in [0.5, 0.6) is 0 Å². The number of rotatable bonds is 2. The van der Waals surface area contributed by atoms with Crippen LogP contribution >= 0.6 is 0 Å². The van der Waals surface area contributed by atoms with Gasteiger partial charge in [-0.05, 0) is 6.07 Å². The van der Waals surface area contributed by atoms with Gasteiger partial charge in [0, 0.05) is 11.6 Å². The molecule has 1 rings (SSSR count). The Hall–Kier alpha value is -1.56. The van der Waals surface area contributed by atoms with Crippen LogP contribution in [0.25, 0.3) is 0 Å². The van der Waals surface area contributed by atoms with Crippen molar-refractivity contribution < 1.29 is 23.1 Å². The highest BCUT2D eigenvalue weighted by Crippen LogP contribution is 2.18. The van der Waals surface area contributed by atoms with Gasteiger partial charge in [0.1, 0.15) is 11.9 Å². The third-order valence-corrected chi connectivity index (χ3v) is 1.64. The van der Waals surface area contributed by atoms with E-state index in [4.69, 9.17) is 10.8 Å². The normalized spacial score (nSPS) is 12.6. The fourth-order valence-corrected chi connectivity index (χ4v) is 0.909.